The van der Waals surface area contributed by atoms with Gasteiger partial charge in [-0.25, -0.2) is 0 Å². The van der Waals surface area contributed by atoms with Gasteiger partial charge in [0.05, 0.1) is 18.0 Å². The molecule has 5 heteroatoms. The Morgan fingerprint density at radius 2 is 1.88 bits per heavy atom. The van der Waals surface area contributed by atoms with E-state index in [9.17, 15) is 0 Å². The Morgan fingerprint density at radius 3 is 2.19 bits per heavy atom. The summed E-state index contributed by atoms with van der Waals surface area (Å²) in [6, 6.07) is 0.329. The molecule has 1 saturated heterocycles. The van der Waals surface area contributed by atoms with Crippen LogP contribution in [0.3, 0.4) is 0 Å². The lowest BCUT2D eigenvalue weighted by molar-refractivity contribution is -0.00461. The van der Waals surface area contributed by atoms with Crippen molar-refractivity contribution in [2.45, 2.75) is 38.0 Å². The Labute approximate surface area is 97.4 Å². The molecule has 0 bridgehead atoms. The number of rotatable bonds is 6. The van der Waals surface area contributed by atoms with Crippen molar-refractivity contribution in [1.29, 1.82) is 5.41 Å². The predicted octanol–water partition coefficient (Wildman–Crippen LogP) is 0.437. The fourth-order valence-electron chi connectivity index (χ4n) is 2.31. The Bertz CT molecular complexity index is 223. The fraction of sp³-hybridized carbons (Fsp3) is 0.909. The highest BCUT2D eigenvalue weighted by Gasteiger charge is 2.35. The van der Waals surface area contributed by atoms with Crippen LogP contribution in [0.2, 0.25) is 0 Å². The SMILES string of the molecule is CCC(CC(=N)N)N1CC(OC)C(OC)C1. The summed E-state index contributed by atoms with van der Waals surface area (Å²) in [5, 5.41) is 7.37. The third-order valence-corrected chi connectivity index (χ3v) is 3.29. The maximum atomic E-state index is 7.37. The van der Waals surface area contributed by atoms with Crippen LogP contribution in [-0.2, 0) is 9.47 Å². The lowest BCUT2D eigenvalue weighted by Gasteiger charge is -2.26. The van der Waals surface area contributed by atoms with Crippen LogP contribution in [0.1, 0.15) is 19.8 Å². The standard InChI is InChI=1S/C11H23N3O2/c1-4-8(5-11(12)13)14-6-9(15-2)10(7-14)16-3/h8-10H,4-7H2,1-3H3,(H3,12,13). The minimum atomic E-state index is 0.131. The van der Waals surface area contributed by atoms with Gasteiger partial charge in [0.25, 0.3) is 0 Å². The average molecular weight is 229 g/mol. The first kappa shape index (κ1) is 13.4. The Hall–Kier alpha value is -0.650. The van der Waals surface area contributed by atoms with E-state index in [1.807, 2.05) is 0 Å². The molecule has 1 rings (SSSR count). The van der Waals surface area contributed by atoms with E-state index in [2.05, 4.69) is 11.8 Å². The van der Waals surface area contributed by atoms with Crippen LogP contribution in [-0.4, -0.2) is 56.3 Å². The van der Waals surface area contributed by atoms with Gasteiger partial charge >= 0.3 is 0 Å². The summed E-state index contributed by atoms with van der Waals surface area (Å²) in [6.45, 7) is 3.84. The Kier molecular flexibility index (Phi) is 5.18. The van der Waals surface area contributed by atoms with Gasteiger partial charge in [-0.1, -0.05) is 6.92 Å². The fourth-order valence-corrected chi connectivity index (χ4v) is 2.31. The number of nitrogens with zero attached hydrogens (tertiary/aromatic N) is 1. The van der Waals surface area contributed by atoms with E-state index >= 15 is 0 Å². The lowest BCUT2D eigenvalue weighted by atomic mass is 10.1. The molecule has 0 spiro atoms. The second kappa shape index (κ2) is 6.18. The van der Waals surface area contributed by atoms with Crippen LogP contribution in [0.15, 0.2) is 0 Å². The van der Waals surface area contributed by atoms with E-state index in [0.29, 0.717) is 12.5 Å². The summed E-state index contributed by atoms with van der Waals surface area (Å²) in [4.78, 5) is 2.31. The minimum absolute atomic E-state index is 0.131. The number of amidine groups is 1. The molecule has 0 aromatic heterocycles. The maximum Gasteiger partial charge on any atom is 0.0971 e. The number of ether oxygens (including phenoxy) is 2. The summed E-state index contributed by atoms with van der Waals surface area (Å²) in [5.41, 5.74) is 5.46. The van der Waals surface area contributed by atoms with Crippen LogP contribution >= 0.6 is 0 Å². The molecular weight excluding hydrogens is 206 g/mol. The van der Waals surface area contributed by atoms with E-state index in [1.165, 1.54) is 0 Å². The molecule has 3 atom stereocenters. The van der Waals surface area contributed by atoms with E-state index in [0.717, 1.165) is 19.5 Å². The first-order valence-electron chi connectivity index (χ1n) is 5.74. The van der Waals surface area contributed by atoms with Gasteiger partial charge in [-0.2, -0.15) is 0 Å². The highest BCUT2D eigenvalue weighted by molar-refractivity contribution is 5.77. The molecule has 0 amide bonds. The molecule has 94 valence electrons. The Morgan fingerprint density at radius 1 is 1.38 bits per heavy atom. The van der Waals surface area contributed by atoms with Crippen molar-refractivity contribution >= 4 is 5.84 Å². The van der Waals surface area contributed by atoms with Crippen molar-refractivity contribution in [1.82, 2.24) is 4.90 Å². The quantitative estimate of drug-likeness (QED) is 0.512. The molecule has 0 saturated carbocycles. The predicted molar refractivity (Wildman–Crippen MR) is 63.8 cm³/mol. The van der Waals surface area contributed by atoms with Gasteiger partial charge in [0.1, 0.15) is 0 Å². The zero-order chi connectivity index (χ0) is 12.1. The van der Waals surface area contributed by atoms with E-state index in [-0.39, 0.29) is 18.0 Å². The highest BCUT2D eigenvalue weighted by Crippen LogP contribution is 2.21. The first-order valence-corrected chi connectivity index (χ1v) is 5.74. The van der Waals surface area contributed by atoms with Gasteiger partial charge in [-0.15, -0.1) is 0 Å². The third kappa shape index (κ3) is 3.17. The van der Waals surface area contributed by atoms with Crippen LogP contribution < -0.4 is 5.73 Å². The van der Waals surface area contributed by atoms with Crippen LogP contribution in [0, 0.1) is 5.41 Å². The highest BCUT2D eigenvalue weighted by atomic mass is 16.5. The Balaban J connectivity index is 2.57. The second-order valence-corrected chi connectivity index (χ2v) is 4.29. The molecule has 1 fully saturated rings. The van der Waals surface area contributed by atoms with Crippen molar-refractivity contribution in [3.63, 3.8) is 0 Å². The normalized spacial score (nSPS) is 28.2. The topological polar surface area (TPSA) is 71.6 Å². The number of nitrogens with two attached hydrogens (primary N) is 1. The molecule has 5 nitrogen and oxygen atoms in total. The summed E-state index contributed by atoms with van der Waals surface area (Å²) in [5.74, 6) is 0.252. The molecule has 16 heavy (non-hydrogen) atoms. The largest absolute Gasteiger partial charge is 0.388 e. The monoisotopic (exact) mass is 229 g/mol. The zero-order valence-corrected chi connectivity index (χ0v) is 10.4. The van der Waals surface area contributed by atoms with Crippen LogP contribution in [0.25, 0.3) is 0 Å². The van der Waals surface area contributed by atoms with Crippen molar-refractivity contribution in [2.24, 2.45) is 5.73 Å². The average Bonchev–Trinajstić information content (AvgIpc) is 2.68. The molecule has 0 aromatic rings. The third-order valence-electron chi connectivity index (χ3n) is 3.29. The van der Waals surface area contributed by atoms with Crippen molar-refractivity contribution in [3.05, 3.63) is 0 Å². The molecule has 3 N–H and O–H groups in total. The van der Waals surface area contributed by atoms with E-state index in [4.69, 9.17) is 20.6 Å². The van der Waals surface area contributed by atoms with Crippen molar-refractivity contribution in [2.75, 3.05) is 27.3 Å². The molecule has 3 unspecified atom stereocenters. The van der Waals surface area contributed by atoms with E-state index < -0.39 is 0 Å². The molecule has 0 radical (unpaired) electrons. The van der Waals surface area contributed by atoms with Gasteiger partial charge in [-0.3, -0.25) is 10.3 Å². The van der Waals surface area contributed by atoms with Gasteiger partial charge < -0.3 is 15.2 Å². The number of nitrogens with one attached hydrogen (secondary N) is 1. The lowest BCUT2D eigenvalue weighted by Crippen LogP contribution is -2.37. The summed E-state index contributed by atoms with van der Waals surface area (Å²) < 4.78 is 10.8. The molecule has 1 heterocycles. The smallest absolute Gasteiger partial charge is 0.0971 e. The van der Waals surface area contributed by atoms with Gasteiger partial charge in [-0.05, 0) is 6.42 Å². The zero-order valence-electron chi connectivity index (χ0n) is 10.4. The maximum absolute atomic E-state index is 7.37. The summed E-state index contributed by atoms with van der Waals surface area (Å²) in [6.07, 6.45) is 1.88. The van der Waals surface area contributed by atoms with Gasteiger partial charge in [0.15, 0.2) is 0 Å². The summed E-state index contributed by atoms with van der Waals surface area (Å²) >= 11 is 0. The van der Waals surface area contributed by atoms with Crippen molar-refractivity contribution in [3.8, 4) is 0 Å². The molecule has 1 aliphatic heterocycles. The number of likely N-dealkylation sites (tertiary alicyclic amines) is 1. The van der Waals surface area contributed by atoms with Gasteiger partial charge in [0, 0.05) is 39.8 Å². The second-order valence-electron chi connectivity index (χ2n) is 4.29. The number of methoxy groups -OCH3 is 2. The molecule has 1 aliphatic rings. The van der Waals surface area contributed by atoms with Gasteiger partial charge in [0.2, 0.25) is 0 Å². The molecule has 0 aromatic carbocycles. The number of hydrogen-bond acceptors (Lipinski definition) is 4. The summed E-state index contributed by atoms with van der Waals surface area (Å²) in [7, 11) is 3.43. The van der Waals surface area contributed by atoms with Crippen molar-refractivity contribution < 1.29 is 9.47 Å². The van der Waals surface area contributed by atoms with Crippen LogP contribution in [0.4, 0.5) is 0 Å². The first-order chi connectivity index (χ1) is 7.62. The molecule has 0 aliphatic carbocycles. The van der Waals surface area contributed by atoms with E-state index in [1.54, 1.807) is 14.2 Å². The number of hydrogen-bond donors (Lipinski definition) is 2. The van der Waals surface area contributed by atoms with Crippen LogP contribution in [0.5, 0.6) is 0 Å². The minimum Gasteiger partial charge on any atom is -0.388 e. The molecular formula is C11H23N3O2.